The average molecular weight is 1400 g/mol. The minimum Gasteiger partial charge on any atom is -0.775 e. The first kappa shape index (κ1) is 82.8. The van der Waals surface area contributed by atoms with E-state index in [1.165, 1.54) is 172 Å². The van der Waals surface area contributed by atoms with Crippen LogP contribution in [0.1, 0.15) is 130 Å². The Morgan fingerprint density at radius 2 is 0.621 bits per heavy atom. The molecule has 0 spiro atoms. The van der Waals surface area contributed by atoms with Gasteiger partial charge >= 0.3 is 34.7 Å². The summed E-state index contributed by atoms with van der Waals surface area (Å²) in [5, 5.41) is 15.7. The van der Waals surface area contributed by atoms with E-state index in [-0.39, 0.29) is 63.5 Å². The van der Waals surface area contributed by atoms with Crippen LogP contribution in [0.2, 0.25) is 0 Å². The van der Waals surface area contributed by atoms with Gasteiger partial charge in [0, 0.05) is 46.5 Å². The second-order valence-corrected chi connectivity index (χ2v) is 27.0. The van der Waals surface area contributed by atoms with Crippen molar-refractivity contribution < 1.29 is 85.9 Å². The molecule has 0 bridgehead atoms. The number of hydrogen-bond acceptors (Lipinski definition) is 12. The van der Waals surface area contributed by atoms with Crippen molar-refractivity contribution in [3.8, 4) is 22.8 Å². The number of unbranched alkanes of at least 4 members (excludes halogenated alkanes) is 6. The fraction of sp³-hybridized carbons (Fsp3) is 0.433. The van der Waals surface area contributed by atoms with E-state index in [4.69, 9.17) is 40.2 Å². The van der Waals surface area contributed by atoms with Crippen molar-refractivity contribution in [2.45, 2.75) is 132 Å². The molecule has 6 N–H and O–H groups in total. The Labute approximate surface area is 538 Å². The van der Waals surface area contributed by atoms with Crippen LogP contribution in [0.25, 0.3) is 33.6 Å². The summed E-state index contributed by atoms with van der Waals surface area (Å²) >= 11 is 7.40. The first-order valence-corrected chi connectivity index (χ1v) is 35.8. The smallest absolute Gasteiger partial charge is 0.775 e. The van der Waals surface area contributed by atoms with E-state index >= 15 is 0 Å². The Kier molecular flexibility index (Phi) is 42.1. The predicted octanol–water partition coefficient (Wildman–Crippen LogP) is 10.4. The van der Waals surface area contributed by atoms with Crippen LogP contribution in [0, 0.1) is 0 Å². The van der Waals surface area contributed by atoms with Crippen LogP contribution >= 0.6 is 54.8 Å². The SMILES string of the molecule is CCCC[N+](CCCC)(CCCC)Cc1ccccc1.CCCC[N+](CCCC)(CCCC)Cc1ccccc1.O=P([O-])(O)c1ccnc(-c2cc(P(=O)(O)O)ccn2)c1.O=P([O-])(O)c1ccnc(-c2cc(P(=O)(O)O)ccn2)c1.[N-]=C=S.[N-]=C=S.[Ru+2]. The third kappa shape index (κ3) is 34.0. The van der Waals surface area contributed by atoms with Crippen LogP contribution in [-0.4, -0.2) is 108 Å². The zero-order chi connectivity index (χ0) is 64.7. The van der Waals surface area contributed by atoms with E-state index in [0.717, 1.165) is 60.9 Å². The van der Waals surface area contributed by atoms with Crippen molar-refractivity contribution in [1.29, 1.82) is 0 Å². The molecule has 2 aromatic carbocycles. The van der Waals surface area contributed by atoms with Crippen molar-refractivity contribution >= 4 is 86.4 Å². The number of nitrogens with zero attached hydrogens (tertiary/aromatic N) is 8. The predicted molar refractivity (Wildman–Crippen MR) is 349 cm³/mol. The number of isothiocyanates is 2. The van der Waals surface area contributed by atoms with Gasteiger partial charge in [-0.25, -0.2) is 0 Å². The van der Waals surface area contributed by atoms with Gasteiger partial charge in [0.15, 0.2) is 15.2 Å². The number of pyridine rings is 4. The molecule has 0 amide bonds. The molecule has 0 saturated heterocycles. The van der Waals surface area contributed by atoms with Crippen molar-refractivity contribution in [3.63, 3.8) is 0 Å². The van der Waals surface area contributed by atoms with Gasteiger partial charge in [0.1, 0.15) is 13.1 Å². The molecule has 6 rings (SSSR count). The molecule has 20 nitrogen and oxygen atoms in total. The zero-order valence-electron chi connectivity index (χ0n) is 50.5. The number of hydrogen-bond donors (Lipinski definition) is 6. The van der Waals surface area contributed by atoms with Crippen LogP contribution in [0.15, 0.2) is 134 Å². The number of benzene rings is 2. The summed E-state index contributed by atoms with van der Waals surface area (Å²) in [5.41, 5.74) is 3.33. The third-order valence-corrected chi connectivity index (χ3v) is 17.2. The molecule has 0 aliphatic rings. The maximum absolute atomic E-state index is 11.2. The van der Waals surface area contributed by atoms with Crippen LogP contribution in [0.3, 0.4) is 0 Å². The number of rotatable bonds is 28. The Bertz CT molecular complexity index is 2770. The molecule has 4 heterocycles. The second kappa shape index (κ2) is 44.3. The largest absolute Gasteiger partial charge is 2.00 e. The molecule has 4 aromatic heterocycles. The van der Waals surface area contributed by atoms with Gasteiger partial charge in [-0.1, -0.05) is 165 Å². The summed E-state index contributed by atoms with van der Waals surface area (Å²) in [7, 11) is -18.2. The van der Waals surface area contributed by atoms with Crippen molar-refractivity contribution in [2.75, 3.05) is 39.3 Å². The van der Waals surface area contributed by atoms with Crippen molar-refractivity contribution in [1.82, 2.24) is 19.9 Å². The maximum atomic E-state index is 11.2. The maximum Gasteiger partial charge on any atom is 2.00 e. The van der Waals surface area contributed by atoms with Gasteiger partial charge in [0.2, 0.25) is 0 Å². The molecule has 2 atom stereocenters. The fourth-order valence-electron chi connectivity index (χ4n) is 9.00. The van der Waals surface area contributed by atoms with Crippen molar-refractivity contribution in [3.05, 3.63) is 156 Å². The first-order chi connectivity index (χ1) is 40.7. The quantitative estimate of drug-likeness (QED) is 0.00874. The number of aromatic nitrogens is 4. The molecule has 6 aromatic rings. The molecule has 27 heteroatoms. The number of thiocarbonyl (C=S) groups is 2. The average Bonchev–Trinajstić information content (AvgIpc) is 3.69. The minimum absolute atomic E-state index is 0. The third-order valence-electron chi connectivity index (χ3n) is 13.5. The van der Waals surface area contributed by atoms with Crippen LogP contribution < -0.4 is 31.0 Å². The zero-order valence-corrected chi connectivity index (χ0v) is 57.5. The van der Waals surface area contributed by atoms with E-state index in [2.05, 4.69) is 147 Å². The second-order valence-electron chi connectivity index (χ2n) is 20.3. The van der Waals surface area contributed by atoms with Gasteiger partial charge in [-0.15, -0.1) is 0 Å². The Morgan fingerprint density at radius 3 is 0.816 bits per heavy atom. The molecular weight excluding hydrogens is 1310 g/mol. The summed E-state index contributed by atoms with van der Waals surface area (Å²) in [4.78, 5) is 91.8. The van der Waals surface area contributed by atoms with E-state index in [1.807, 2.05) is 0 Å². The van der Waals surface area contributed by atoms with Gasteiger partial charge in [0.05, 0.1) is 72.7 Å². The monoisotopic (exact) mass is 1400 g/mol. The number of quaternary nitrogens is 2. The Morgan fingerprint density at radius 1 is 0.414 bits per heavy atom. The molecule has 0 radical (unpaired) electrons. The molecule has 0 aliphatic carbocycles. The van der Waals surface area contributed by atoms with Crippen LogP contribution in [-0.2, 0) is 50.8 Å². The van der Waals surface area contributed by atoms with E-state index in [0.29, 0.717) is 0 Å². The van der Waals surface area contributed by atoms with E-state index in [9.17, 15) is 28.0 Å². The van der Waals surface area contributed by atoms with Gasteiger partial charge in [-0.05, 0) is 87.1 Å². The van der Waals surface area contributed by atoms with Gasteiger partial charge in [0.25, 0.3) is 0 Å². The molecule has 87 heavy (non-hydrogen) atoms. The molecular formula is C60H86N8O12P4RuS2. The van der Waals surface area contributed by atoms with Crippen LogP contribution in [0.4, 0.5) is 0 Å². The van der Waals surface area contributed by atoms with E-state index in [1.54, 1.807) is 0 Å². The summed E-state index contributed by atoms with van der Waals surface area (Å²) in [6.45, 7) is 24.5. The molecule has 478 valence electrons. The topological polar surface area (TPSA) is 332 Å². The Hall–Kier alpha value is -4.22. The summed E-state index contributed by atoms with van der Waals surface area (Å²) < 4.78 is 47.0. The molecule has 0 fully saturated rings. The standard InChI is InChI=1S/2C19H34N.2C10H10N2O6P2.2CNS.Ru/c2*1-4-7-15-20(16-8-5-2,17-9-6-3)18-19-13-11-10-12-14-19;2*13-19(14,15)7-1-3-11-9(5-7)10-6-8(2-4-12-10)20(16,17)18;2*2-1-3;/h2*10-14H,4-9,15-18H2,1-3H3;2*1-6H,(H2,13,14,15)(H2,16,17,18);;;/q2*+1;;;2*-1;+2/p-2. The van der Waals surface area contributed by atoms with E-state index < -0.39 is 30.4 Å². The first-order valence-electron chi connectivity index (χ1n) is 28.6. The molecule has 0 saturated carbocycles. The Balaban J connectivity index is 0.00000109. The van der Waals surface area contributed by atoms with Crippen molar-refractivity contribution in [2.24, 2.45) is 0 Å². The summed E-state index contributed by atoms with van der Waals surface area (Å²) in [5.74, 6) is 0. The van der Waals surface area contributed by atoms with Gasteiger partial charge in [-0.2, -0.15) is 10.3 Å². The summed E-state index contributed by atoms with van der Waals surface area (Å²) in [6, 6.07) is 31.1. The van der Waals surface area contributed by atoms with Gasteiger partial charge in [-0.3, -0.25) is 29.1 Å². The minimum atomic E-state index is -4.68. The normalized spacial score (nSPS) is 12.4. The van der Waals surface area contributed by atoms with Gasteiger partial charge < -0.3 is 68.1 Å². The molecule has 2 unspecified atom stereocenters. The molecule has 0 aliphatic heterocycles. The summed E-state index contributed by atoms with van der Waals surface area (Å²) in [6.07, 6.45) is 20.7. The van der Waals surface area contributed by atoms with Crippen LogP contribution in [0.5, 0.6) is 0 Å². The fourth-order valence-corrected chi connectivity index (χ4v) is 11.2.